The van der Waals surface area contributed by atoms with Crippen molar-refractivity contribution in [2.45, 2.75) is 6.92 Å². The number of hydrogen-bond donors (Lipinski definition) is 1. The van der Waals surface area contributed by atoms with E-state index in [0.29, 0.717) is 6.54 Å². The third kappa shape index (κ3) is 4.08. The van der Waals surface area contributed by atoms with Crippen molar-refractivity contribution in [3.63, 3.8) is 0 Å². The molecule has 1 fully saturated rings. The molecule has 0 saturated carbocycles. The monoisotopic (exact) mass is 228 g/mol. The molecule has 0 bridgehead atoms. The lowest BCUT2D eigenvalue weighted by atomic mass is 10.3. The lowest BCUT2D eigenvalue weighted by molar-refractivity contribution is -0.131. The fraction of sp³-hybridized carbons (Fsp3) is 0.909. The molecule has 1 saturated heterocycles. The van der Waals surface area contributed by atoms with Crippen LogP contribution in [0, 0.1) is 0 Å². The summed E-state index contributed by atoms with van der Waals surface area (Å²) >= 11 is 0. The molecule has 1 heterocycles. The minimum Gasteiger partial charge on any atom is -0.345 e. The molecule has 0 spiro atoms. The molecule has 94 valence electrons. The zero-order valence-corrected chi connectivity index (χ0v) is 10.5. The summed E-state index contributed by atoms with van der Waals surface area (Å²) in [6.07, 6.45) is 0. The molecule has 0 radical (unpaired) electrons. The molecule has 0 aromatic rings. The van der Waals surface area contributed by atoms with Gasteiger partial charge in [0.1, 0.15) is 0 Å². The molecule has 1 rings (SSSR count). The van der Waals surface area contributed by atoms with Crippen LogP contribution in [0.25, 0.3) is 0 Å². The zero-order chi connectivity index (χ0) is 12.0. The van der Waals surface area contributed by atoms with E-state index in [0.717, 1.165) is 45.8 Å². The summed E-state index contributed by atoms with van der Waals surface area (Å²) in [6, 6.07) is 0. The second kappa shape index (κ2) is 6.83. The van der Waals surface area contributed by atoms with Crippen molar-refractivity contribution in [3.8, 4) is 0 Å². The van der Waals surface area contributed by atoms with E-state index in [1.165, 1.54) is 0 Å². The molecular formula is C11H24N4O. The molecule has 5 heteroatoms. The molecule has 5 nitrogen and oxygen atoms in total. The second-order valence-electron chi connectivity index (χ2n) is 4.31. The molecule has 1 aliphatic rings. The molecule has 0 unspecified atom stereocenters. The Morgan fingerprint density at radius 2 is 1.81 bits per heavy atom. The van der Waals surface area contributed by atoms with Gasteiger partial charge in [0.15, 0.2) is 0 Å². The van der Waals surface area contributed by atoms with E-state index >= 15 is 0 Å². The van der Waals surface area contributed by atoms with Gasteiger partial charge >= 0.3 is 0 Å². The van der Waals surface area contributed by atoms with Crippen molar-refractivity contribution in [3.05, 3.63) is 0 Å². The number of rotatable bonds is 5. The maximum Gasteiger partial charge on any atom is 0.236 e. The minimum atomic E-state index is 0.217. The summed E-state index contributed by atoms with van der Waals surface area (Å²) < 4.78 is 0. The second-order valence-corrected chi connectivity index (χ2v) is 4.31. The Kier molecular flexibility index (Phi) is 5.73. The van der Waals surface area contributed by atoms with E-state index in [4.69, 9.17) is 5.73 Å². The summed E-state index contributed by atoms with van der Waals surface area (Å²) in [4.78, 5) is 18.0. The number of nitrogens with zero attached hydrogens (tertiary/aromatic N) is 3. The van der Waals surface area contributed by atoms with Crippen LogP contribution in [0.1, 0.15) is 6.92 Å². The molecular weight excluding hydrogens is 204 g/mol. The molecule has 1 aliphatic heterocycles. The number of piperazine rings is 1. The van der Waals surface area contributed by atoms with Crippen LogP contribution in [-0.2, 0) is 4.79 Å². The van der Waals surface area contributed by atoms with Crippen LogP contribution in [0.15, 0.2) is 0 Å². The minimum absolute atomic E-state index is 0.217. The van der Waals surface area contributed by atoms with Gasteiger partial charge in [0, 0.05) is 52.9 Å². The average Bonchev–Trinajstić information content (AvgIpc) is 2.31. The Morgan fingerprint density at radius 1 is 1.25 bits per heavy atom. The largest absolute Gasteiger partial charge is 0.345 e. The first kappa shape index (κ1) is 13.4. The number of amides is 1. The first-order valence-electron chi connectivity index (χ1n) is 6.06. The van der Waals surface area contributed by atoms with E-state index < -0.39 is 0 Å². The predicted molar refractivity (Wildman–Crippen MR) is 65.2 cm³/mol. The SMILES string of the molecule is CCN(C)C(=O)CN1CCN(CCN)CC1. The highest BCUT2D eigenvalue weighted by atomic mass is 16.2. The van der Waals surface area contributed by atoms with Crippen LogP contribution in [-0.4, -0.2) is 80.0 Å². The van der Waals surface area contributed by atoms with Crippen LogP contribution in [0.2, 0.25) is 0 Å². The maximum atomic E-state index is 11.7. The van der Waals surface area contributed by atoms with Gasteiger partial charge in [0.25, 0.3) is 0 Å². The molecule has 0 aromatic carbocycles. The molecule has 0 atom stereocenters. The third-order valence-electron chi connectivity index (χ3n) is 3.17. The first-order chi connectivity index (χ1) is 7.67. The quantitative estimate of drug-likeness (QED) is 0.658. The first-order valence-corrected chi connectivity index (χ1v) is 6.06. The smallest absolute Gasteiger partial charge is 0.236 e. The van der Waals surface area contributed by atoms with Crippen molar-refractivity contribution in [2.24, 2.45) is 5.73 Å². The normalized spacial score (nSPS) is 18.7. The summed E-state index contributed by atoms with van der Waals surface area (Å²) in [5, 5.41) is 0. The molecule has 0 aromatic heterocycles. The number of nitrogens with two attached hydrogens (primary N) is 1. The van der Waals surface area contributed by atoms with Crippen LogP contribution in [0.5, 0.6) is 0 Å². The molecule has 1 amide bonds. The zero-order valence-electron chi connectivity index (χ0n) is 10.5. The highest BCUT2D eigenvalue weighted by Gasteiger charge is 2.19. The Bertz CT molecular complexity index is 214. The van der Waals surface area contributed by atoms with Gasteiger partial charge in [0.2, 0.25) is 5.91 Å². The maximum absolute atomic E-state index is 11.7. The number of likely N-dealkylation sites (N-methyl/N-ethyl adjacent to an activating group) is 1. The standard InChI is InChI=1S/C11H24N4O/c1-3-13(2)11(16)10-15-8-6-14(5-4-12)7-9-15/h3-10,12H2,1-2H3. The Labute approximate surface area is 98.2 Å². The summed E-state index contributed by atoms with van der Waals surface area (Å²) in [7, 11) is 1.85. The molecule has 0 aliphatic carbocycles. The van der Waals surface area contributed by atoms with Crippen LogP contribution < -0.4 is 5.73 Å². The van der Waals surface area contributed by atoms with Crippen molar-refractivity contribution in [1.82, 2.24) is 14.7 Å². The van der Waals surface area contributed by atoms with Crippen molar-refractivity contribution < 1.29 is 4.79 Å². The summed E-state index contributed by atoms with van der Waals surface area (Å²) in [6.45, 7) is 9.03. The van der Waals surface area contributed by atoms with E-state index in [2.05, 4.69) is 9.80 Å². The number of hydrogen-bond acceptors (Lipinski definition) is 4. The van der Waals surface area contributed by atoms with Crippen LogP contribution in [0.4, 0.5) is 0 Å². The topological polar surface area (TPSA) is 52.8 Å². The van der Waals surface area contributed by atoms with E-state index in [1.807, 2.05) is 14.0 Å². The van der Waals surface area contributed by atoms with E-state index in [1.54, 1.807) is 4.90 Å². The van der Waals surface area contributed by atoms with Gasteiger partial charge < -0.3 is 10.6 Å². The Hall–Kier alpha value is -0.650. The van der Waals surface area contributed by atoms with Crippen molar-refractivity contribution >= 4 is 5.91 Å². The molecule has 2 N–H and O–H groups in total. The molecule has 16 heavy (non-hydrogen) atoms. The predicted octanol–water partition coefficient (Wildman–Crippen LogP) is -0.959. The van der Waals surface area contributed by atoms with Crippen molar-refractivity contribution in [2.75, 3.05) is 59.4 Å². The van der Waals surface area contributed by atoms with Crippen LogP contribution >= 0.6 is 0 Å². The van der Waals surface area contributed by atoms with Crippen LogP contribution in [0.3, 0.4) is 0 Å². The summed E-state index contributed by atoms with van der Waals surface area (Å²) in [5.74, 6) is 0.217. The Balaban J connectivity index is 2.24. The fourth-order valence-corrected chi connectivity index (χ4v) is 1.84. The summed E-state index contributed by atoms with van der Waals surface area (Å²) in [5.41, 5.74) is 5.52. The van der Waals surface area contributed by atoms with Gasteiger partial charge in [-0.05, 0) is 6.92 Å². The Morgan fingerprint density at radius 3 is 2.31 bits per heavy atom. The van der Waals surface area contributed by atoms with Gasteiger partial charge in [-0.25, -0.2) is 0 Å². The number of carbonyl (C=O) groups is 1. The van der Waals surface area contributed by atoms with E-state index in [9.17, 15) is 4.79 Å². The van der Waals surface area contributed by atoms with Gasteiger partial charge in [-0.1, -0.05) is 0 Å². The lowest BCUT2D eigenvalue weighted by Gasteiger charge is -2.34. The van der Waals surface area contributed by atoms with Gasteiger partial charge in [0.05, 0.1) is 6.54 Å². The van der Waals surface area contributed by atoms with Gasteiger partial charge in [-0.2, -0.15) is 0 Å². The average molecular weight is 228 g/mol. The van der Waals surface area contributed by atoms with Crippen molar-refractivity contribution in [1.29, 1.82) is 0 Å². The fourth-order valence-electron chi connectivity index (χ4n) is 1.84. The number of carbonyl (C=O) groups excluding carboxylic acids is 1. The third-order valence-corrected chi connectivity index (χ3v) is 3.17. The van der Waals surface area contributed by atoms with Gasteiger partial charge in [-0.3, -0.25) is 14.6 Å². The van der Waals surface area contributed by atoms with E-state index in [-0.39, 0.29) is 5.91 Å². The highest BCUT2D eigenvalue weighted by Crippen LogP contribution is 2.01. The van der Waals surface area contributed by atoms with Gasteiger partial charge in [-0.15, -0.1) is 0 Å². The highest BCUT2D eigenvalue weighted by molar-refractivity contribution is 5.77. The lowest BCUT2D eigenvalue weighted by Crippen LogP contribution is -2.50.